The number of aliphatic hydroxyl groups is 8. The average molecular weight is 1190 g/mol. The van der Waals surface area contributed by atoms with E-state index in [0.29, 0.717) is 38.8 Å². The molecule has 6 aliphatic rings. The predicted octanol–water partition coefficient (Wildman–Crippen LogP) is -2.95. The van der Waals surface area contributed by atoms with Crippen LogP contribution >= 0.6 is 0 Å². The monoisotopic (exact) mass is 1190 g/mol. The number of imidazole rings is 2. The van der Waals surface area contributed by atoms with E-state index in [4.69, 9.17) is 19.9 Å². The molecule has 12 rings (SSSR count). The Morgan fingerprint density at radius 2 is 0.953 bits per heavy atom. The zero-order chi connectivity index (χ0) is 60.1. The topological polar surface area (TPSA) is 420 Å². The molecule has 4 aromatic heterocycles. The van der Waals surface area contributed by atoms with Crippen LogP contribution in [-0.2, 0) is 22.4 Å². The number of amides is 8. The van der Waals surface area contributed by atoms with Crippen molar-refractivity contribution in [2.45, 2.75) is 123 Å². The minimum atomic E-state index is -1.55. The minimum Gasteiger partial charge on any atom is -0.394 e. The molecule has 456 valence electrons. The smallest absolute Gasteiger partial charge is 0.325 e. The third kappa shape index (κ3) is 11.0. The number of nitrogens with zero attached hydrogens (tertiary/aromatic N) is 12. The van der Waals surface area contributed by atoms with Crippen LogP contribution in [-0.4, -0.2) is 245 Å². The van der Waals surface area contributed by atoms with Gasteiger partial charge in [-0.25, -0.2) is 24.4 Å². The third-order valence-electron chi connectivity index (χ3n) is 17.3. The van der Waals surface area contributed by atoms with Crippen molar-refractivity contribution in [1.82, 2.24) is 70.1 Å². The first-order valence-corrected chi connectivity index (χ1v) is 28.7. The van der Waals surface area contributed by atoms with Crippen LogP contribution in [0.3, 0.4) is 0 Å². The van der Waals surface area contributed by atoms with E-state index in [-0.39, 0.29) is 97.1 Å². The lowest BCUT2D eigenvalue weighted by atomic mass is 10.1. The Morgan fingerprint density at radius 1 is 0.558 bits per heavy atom. The van der Waals surface area contributed by atoms with Gasteiger partial charge in [0.1, 0.15) is 36.5 Å². The number of carbonyl (C=O) groups is 5. The van der Waals surface area contributed by atoms with Crippen LogP contribution in [0.15, 0.2) is 73.3 Å². The first kappa shape index (κ1) is 58.0. The summed E-state index contributed by atoms with van der Waals surface area (Å²) in [6.45, 7) is -0.478. The van der Waals surface area contributed by atoms with E-state index in [1.807, 2.05) is 70.5 Å². The van der Waals surface area contributed by atoms with Gasteiger partial charge in [-0.15, -0.1) is 0 Å². The summed E-state index contributed by atoms with van der Waals surface area (Å²) in [7, 11) is 0. The Labute approximate surface area is 490 Å². The van der Waals surface area contributed by atoms with Crippen molar-refractivity contribution in [2.24, 2.45) is 0 Å². The van der Waals surface area contributed by atoms with Gasteiger partial charge in [0.15, 0.2) is 34.0 Å². The first-order valence-electron chi connectivity index (χ1n) is 28.7. The quantitative estimate of drug-likeness (QED) is 0.0340. The molecule has 0 unspecified atom stereocenters. The van der Waals surface area contributed by atoms with Gasteiger partial charge in [-0.05, 0) is 49.7 Å². The second-order valence-corrected chi connectivity index (χ2v) is 22.8. The largest absolute Gasteiger partial charge is 0.394 e. The Balaban J connectivity index is 0.757. The fourth-order valence-corrected chi connectivity index (χ4v) is 12.8. The van der Waals surface area contributed by atoms with Crippen molar-refractivity contribution in [1.29, 1.82) is 0 Å². The number of anilines is 4. The molecule has 14 atom stereocenters. The summed E-state index contributed by atoms with van der Waals surface area (Å²) in [4.78, 5) is 100. The van der Waals surface area contributed by atoms with Crippen molar-refractivity contribution >= 4 is 75.8 Å². The van der Waals surface area contributed by atoms with Crippen molar-refractivity contribution in [3.63, 3.8) is 0 Å². The molecule has 14 N–H and O–H groups in total. The number of imide groups is 2. The van der Waals surface area contributed by atoms with E-state index in [1.165, 1.54) is 12.7 Å². The molecule has 2 aromatic carbocycles. The molecule has 4 aliphatic heterocycles. The lowest BCUT2D eigenvalue weighted by molar-refractivity contribution is -0.132. The molecule has 2 saturated carbocycles. The van der Waals surface area contributed by atoms with Crippen LogP contribution in [0.2, 0.25) is 0 Å². The van der Waals surface area contributed by atoms with Gasteiger partial charge in [-0.2, -0.15) is 19.9 Å². The van der Waals surface area contributed by atoms with E-state index in [9.17, 15) is 64.8 Å². The molecule has 6 aromatic rings. The van der Waals surface area contributed by atoms with Crippen LogP contribution in [0, 0.1) is 0 Å². The number of urea groups is 3. The molecule has 31 nitrogen and oxygen atoms in total. The highest BCUT2D eigenvalue weighted by Crippen LogP contribution is 2.40. The lowest BCUT2D eigenvalue weighted by Gasteiger charge is -2.24. The highest BCUT2D eigenvalue weighted by Gasteiger charge is 2.54. The molecule has 6 fully saturated rings. The van der Waals surface area contributed by atoms with E-state index in [1.54, 1.807) is 9.13 Å². The van der Waals surface area contributed by atoms with Crippen LogP contribution in [0.1, 0.15) is 48.9 Å². The second-order valence-electron chi connectivity index (χ2n) is 22.8. The highest BCUT2D eigenvalue weighted by atomic mass is 16.3. The maximum atomic E-state index is 13.9. The van der Waals surface area contributed by atoms with E-state index < -0.39 is 116 Å². The SMILES string of the molecule is O=C(N[C@@H]1CCN(c2nc(N[C@H](CO)Cc3ccccc3)c3ncn([C@@H]4C[C@H](N5C(=O)N[C@H](CO)C5=O)[C@@H](O)[C@H]4O)c3n2)C1)N[C@@H]1CCN(c2nc(N[C@H](CO)Cc3ccccc3)c3ncn([C@@H]4C[C@H](N5C(=O)N[C@H](CO)C5=O)[C@@H](O)[C@H]4O)c3n2)C1. The van der Waals surface area contributed by atoms with Crippen LogP contribution in [0.25, 0.3) is 22.3 Å². The summed E-state index contributed by atoms with van der Waals surface area (Å²) < 4.78 is 3.14. The molecular weight excluding hydrogens is 1120 g/mol. The van der Waals surface area contributed by atoms with Crippen LogP contribution in [0.4, 0.5) is 37.9 Å². The zero-order valence-corrected chi connectivity index (χ0v) is 46.4. The van der Waals surface area contributed by atoms with E-state index in [2.05, 4.69) is 41.9 Å². The lowest BCUT2D eigenvalue weighted by Crippen LogP contribution is -2.48. The number of hydrogen-bond acceptors (Lipinski definition) is 23. The first-order chi connectivity index (χ1) is 41.6. The van der Waals surface area contributed by atoms with Crippen molar-refractivity contribution in [2.75, 3.05) is 73.0 Å². The van der Waals surface area contributed by atoms with Gasteiger partial charge in [-0.1, -0.05) is 60.7 Å². The summed E-state index contributed by atoms with van der Waals surface area (Å²) in [5, 5.41) is 104. The number of rotatable bonds is 20. The molecule has 86 heavy (non-hydrogen) atoms. The molecule has 2 aliphatic carbocycles. The summed E-state index contributed by atoms with van der Waals surface area (Å²) in [5.41, 5.74) is 2.97. The van der Waals surface area contributed by atoms with Gasteiger partial charge in [0.25, 0.3) is 11.8 Å². The van der Waals surface area contributed by atoms with Gasteiger partial charge in [0.05, 0.1) is 75.3 Å². The number of benzene rings is 2. The van der Waals surface area contributed by atoms with Crippen LogP contribution in [0.5, 0.6) is 0 Å². The number of fused-ring (bicyclic) bond motifs is 2. The molecule has 4 saturated heterocycles. The second kappa shape index (κ2) is 24.1. The Kier molecular flexibility index (Phi) is 16.3. The highest BCUT2D eigenvalue weighted by molar-refractivity contribution is 6.05. The van der Waals surface area contributed by atoms with Gasteiger partial charge in [-0.3, -0.25) is 19.4 Å². The number of aromatic nitrogens is 8. The average Bonchev–Trinajstić information content (AvgIpc) is 1.73. The van der Waals surface area contributed by atoms with E-state index in [0.717, 1.165) is 20.9 Å². The molecule has 0 radical (unpaired) electrons. The van der Waals surface area contributed by atoms with Gasteiger partial charge in [0, 0.05) is 38.3 Å². The van der Waals surface area contributed by atoms with E-state index >= 15 is 0 Å². The molecule has 0 spiro atoms. The summed E-state index contributed by atoms with van der Waals surface area (Å²) in [6.07, 6.45) is -1.52. The fraction of sp³-hybridized carbons (Fsp3) is 0.509. The molecule has 0 bridgehead atoms. The third-order valence-corrected chi connectivity index (χ3v) is 17.3. The normalized spacial score (nSPS) is 28.3. The predicted molar refractivity (Wildman–Crippen MR) is 304 cm³/mol. The summed E-state index contributed by atoms with van der Waals surface area (Å²) in [6, 6.07) is 8.73. The number of aliphatic hydroxyl groups excluding tert-OH is 8. The maximum absolute atomic E-state index is 13.9. The standard InChI is InChI=1S/C55H68N18O13/c74-21-31(15-27-7-3-1-4-8-27)58-45-39-47(70(25-56-39)35-17-37(43(80)41(35)78)72-49(82)33(23-76)62-54(72)85)66-51(64-45)68-13-11-29(19-68)60-53(84)61-30-12-14-69(20-30)52-65-46(59-32(22-75)16-28-9-5-2-6-10-28)40-48(67-52)71(26-57-40)36-18-38(44(81)42(36)79)73-50(83)34(24-77)63-55(73)86/h1-10,25-26,29-38,41-44,74-81H,11-24H2,(H,62,85)(H,63,86)(H,58,64,66)(H,59,65,67)(H2,60,61,84)/t29-,30-,31+,32+,33-,34-,35-,36-,37+,38+,41+,42+,43-,44-/m1/s1. The summed E-state index contributed by atoms with van der Waals surface area (Å²) >= 11 is 0. The number of carbonyl (C=O) groups excluding carboxylic acids is 5. The fourth-order valence-electron chi connectivity index (χ4n) is 12.8. The molecule has 31 heteroatoms. The summed E-state index contributed by atoms with van der Waals surface area (Å²) in [5.74, 6) is -0.448. The Bertz CT molecular complexity index is 3270. The molecule has 8 heterocycles. The van der Waals surface area contributed by atoms with Gasteiger partial charge < -0.3 is 91.7 Å². The van der Waals surface area contributed by atoms with Crippen molar-refractivity contribution < 1.29 is 64.8 Å². The molecule has 8 amide bonds. The van der Waals surface area contributed by atoms with Crippen LogP contribution < -0.4 is 41.7 Å². The maximum Gasteiger partial charge on any atom is 0.325 e. The molecular formula is C55H68N18O13. The number of hydrogen-bond donors (Lipinski definition) is 14. The van der Waals surface area contributed by atoms with Gasteiger partial charge in [0.2, 0.25) is 11.9 Å². The zero-order valence-electron chi connectivity index (χ0n) is 46.4. The van der Waals surface area contributed by atoms with Crippen molar-refractivity contribution in [3.8, 4) is 0 Å². The van der Waals surface area contributed by atoms with Gasteiger partial charge >= 0.3 is 18.1 Å². The van der Waals surface area contributed by atoms with Crippen molar-refractivity contribution in [3.05, 3.63) is 84.4 Å². The number of nitrogens with one attached hydrogen (secondary N) is 6. The Hall–Kier alpha value is -8.43. The minimum absolute atomic E-state index is 0.0743. The Morgan fingerprint density at radius 3 is 1.33 bits per heavy atom.